The first-order chi connectivity index (χ1) is 13.3. The zero-order valence-electron chi connectivity index (χ0n) is 15.8. The highest BCUT2D eigenvalue weighted by Crippen LogP contribution is 2.66. The molecular formula is C20H20O8. The van der Waals surface area contributed by atoms with E-state index in [4.69, 9.17) is 14.2 Å². The van der Waals surface area contributed by atoms with E-state index in [1.165, 1.54) is 6.92 Å². The number of rotatable bonds is 4. The van der Waals surface area contributed by atoms with Crippen molar-refractivity contribution in [3.63, 3.8) is 0 Å². The molecule has 2 aliphatic rings. The summed E-state index contributed by atoms with van der Waals surface area (Å²) in [6.07, 6.45) is 0. The quantitative estimate of drug-likeness (QED) is 0.467. The van der Waals surface area contributed by atoms with Crippen LogP contribution in [0.5, 0.6) is 0 Å². The Morgan fingerprint density at radius 1 is 0.964 bits per heavy atom. The zero-order chi connectivity index (χ0) is 20.8. The first-order valence-electron chi connectivity index (χ1n) is 8.56. The van der Waals surface area contributed by atoms with Crippen LogP contribution < -0.4 is 0 Å². The highest BCUT2D eigenvalue weighted by Gasteiger charge is 2.71. The molecule has 0 spiro atoms. The highest BCUT2D eigenvalue weighted by molar-refractivity contribution is 6.10. The molecule has 8 nitrogen and oxygen atoms in total. The van der Waals surface area contributed by atoms with E-state index in [2.05, 4.69) is 0 Å². The van der Waals surface area contributed by atoms with Gasteiger partial charge in [-0.1, -0.05) is 24.3 Å². The largest absolute Gasteiger partial charge is 0.511 e. The number of hydrogen-bond donors (Lipinski definition) is 1. The first-order valence-corrected chi connectivity index (χ1v) is 8.56. The molecule has 0 saturated heterocycles. The van der Waals surface area contributed by atoms with Crippen molar-refractivity contribution in [2.24, 2.45) is 11.3 Å². The van der Waals surface area contributed by atoms with E-state index in [1.807, 2.05) is 0 Å². The Kier molecular flexibility index (Phi) is 4.74. The van der Waals surface area contributed by atoms with Gasteiger partial charge in [-0.25, -0.2) is 4.79 Å². The standard InChI is InChI=1S/C20H20O8/c1-9(21)20(19(25)28-4)14-10-7-5-6-8-11(10)15(20)13(18(24)27-3)16(22)12(14)17(23)26-2/h5-8,12,14-15,22H,1-4H3/t12-,14-,15-,20+/m1/s1. The number of carbonyl (C=O) groups excluding carboxylic acids is 4. The van der Waals surface area contributed by atoms with E-state index < -0.39 is 52.6 Å². The Bertz CT molecular complexity index is 915. The fourth-order valence-electron chi connectivity index (χ4n) is 4.71. The normalized spacial score (nSPS) is 27.6. The number of ether oxygens (including phenoxy) is 3. The summed E-state index contributed by atoms with van der Waals surface area (Å²) in [5, 5.41) is 10.9. The second-order valence-electron chi connectivity index (χ2n) is 6.75. The van der Waals surface area contributed by atoms with Crippen LogP contribution in [0.25, 0.3) is 0 Å². The van der Waals surface area contributed by atoms with Gasteiger partial charge in [0.2, 0.25) is 0 Å². The number of hydrogen-bond acceptors (Lipinski definition) is 8. The third kappa shape index (κ3) is 2.23. The maximum Gasteiger partial charge on any atom is 0.337 e. The van der Waals surface area contributed by atoms with Crippen molar-refractivity contribution in [1.82, 2.24) is 0 Å². The Morgan fingerprint density at radius 2 is 1.57 bits per heavy atom. The molecule has 0 unspecified atom stereocenters. The number of carbonyl (C=O) groups is 4. The lowest BCUT2D eigenvalue weighted by Crippen LogP contribution is -2.53. The van der Waals surface area contributed by atoms with Gasteiger partial charge in [-0.2, -0.15) is 0 Å². The number of aliphatic hydroxyl groups is 1. The number of methoxy groups -OCH3 is 3. The first kappa shape index (κ1) is 19.6. The lowest BCUT2D eigenvalue weighted by molar-refractivity contribution is -0.164. The molecule has 1 aromatic carbocycles. The fraction of sp³-hybridized carbons (Fsp3) is 0.400. The number of aliphatic hydroxyl groups excluding tert-OH is 1. The van der Waals surface area contributed by atoms with Gasteiger partial charge in [-0.15, -0.1) is 0 Å². The summed E-state index contributed by atoms with van der Waals surface area (Å²) in [7, 11) is 3.35. The molecule has 0 fully saturated rings. The van der Waals surface area contributed by atoms with E-state index in [0.29, 0.717) is 11.1 Å². The number of fused-ring (bicyclic) bond motifs is 5. The van der Waals surface area contributed by atoms with Crippen molar-refractivity contribution < 1.29 is 38.5 Å². The van der Waals surface area contributed by atoms with E-state index in [9.17, 15) is 24.3 Å². The Balaban J connectivity index is 2.49. The molecule has 0 radical (unpaired) electrons. The van der Waals surface area contributed by atoms with E-state index in [1.54, 1.807) is 24.3 Å². The van der Waals surface area contributed by atoms with Crippen LogP contribution in [0.1, 0.15) is 29.9 Å². The van der Waals surface area contributed by atoms with Gasteiger partial charge >= 0.3 is 17.9 Å². The third-order valence-corrected chi connectivity index (χ3v) is 5.75. The van der Waals surface area contributed by atoms with Crippen molar-refractivity contribution in [2.75, 3.05) is 21.3 Å². The maximum absolute atomic E-state index is 13.0. The molecule has 1 aromatic rings. The summed E-state index contributed by atoms with van der Waals surface area (Å²) in [6.45, 7) is 1.20. The second-order valence-corrected chi connectivity index (χ2v) is 6.75. The maximum atomic E-state index is 13.0. The van der Waals surface area contributed by atoms with Gasteiger partial charge in [-0.05, 0) is 18.1 Å². The highest BCUT2D eigenvalue weighted by atomic mass is 16.5. The van der Waals surface area contributed by atoms with Gasteiger partial charge in [0.25, 0.3) is 0 Å². The molecular weight excluding hydrogens is 368 g/mol. The zero-order valence-corrected chi connectivity index (χ0v) is 15.8. The molecule has 1 N–H and O–H groups in total. The molecule has 0 saturated carbocycles. The molecule has 148 valence electrons. The van der Waals surface area contributed by atoms with Gasteiger partial charge in [0.1, 0.15) is 22.9 Å². The predicted molar refractivity (Wildman–Crippen MR) is 94.2 cm³/mol. The molecule has 0 heterocycles. The molecule has 3 rings (SSSR count). The van der Waals surface area contributed by atoms with Gasteiger partial charge in [0.15, 0.2) is 0 Å². The number of esters is 3. The Labute approximate surface area is 161 Å². The number of ketones is 1. The minimum Gasteiger partial charge on any atom is -0.511 e. The minimum atomic E-state index is -1.91. The molecule has 8 heteroatoms. The molecule has 2 aliphatic carbocycles. The van der Waals surface area contributed by atoms with Crippen LogP contribution in [0.2, 0.25) is 0 Å². The van der Waals surface area contributed by atoms with Crippen molar-refractivity contribution in [3.8, 4) is 0 Å². The molecule has 2 bridgehead atoms. The minimum absolute atomic E-state index is 0.320. The van der Waals surface area contributed by atoms with Crippen LogP contribution in [0.4, 0.5) is 0 Å². The van der Waals surface area contributed by atoms with Crippen LogP contribution in [-0.4, -0.2) is 50.1 Å². The van der Waals surface area contributed by atoms with Crippen molar-refractivity contribution in [2.45, 2.75) is 18.8 Å². The molecule has 4 atom stereocenters. The van der Waals surface area contributed by atoms with Crippen LogP contribution in [-0.2, 0) is 33.4 Å². The summed E-state index contributed by atoms with van der Waals surface area (Å²) >= 11 is 0. The van der Waals surface area contributed by atoms with Gasteiger partial charge in [-0.3, -0.25) is 14.4 Å². The molecule has 0 amide bonds. The van der Waals surface area contributed by atoms with E-state index in [-0.39, 0.29) is 5.57 Å². The lowest BCUT2D eigenvalue weighted by Gasteiger charge is -2.42. The Hall–Kier alpha value is -3.16. The molecule has 0 aliphatic heterocycles. The van der Waals surface area contributed by atoms with Gasteiger partial charge < -0.3 is 19.3 Å². The summed E-state index contributed by atoms with van der Waals surface area (Å²) in [6, 6.07) is 6.67. The van der Waals surface area contributed by atoms with E-state index >= 15 is 0 Å². The summed E-state index contributed by atoms with van der Waals surface area (Å²) < 4.78 is 14.6. The lowest BCUT2D eigenvalue weighted by atomic mass is 9.57. The van der Waals surface area contributed by atoms with Crippen LogP contribution >= 0.6 is 0 Å². The number of Topliss-reactive ketones (excluding diaryl/α,β-unsaturated/α-hetero) is 1. The number of benzene rings is 1. The van der Waals surface area contributed by atoms with E-state index in [0.717, 1.165) is 21.3 Å². The van der Waals surface area contributed by atoms with Crippen LogP contribution in [0.15, 0.2) is 35.6 Å². The monoisotopic (exact) mass is 388 g/mol. The predicted octanol–water partition coefficient (Wildman–Crippen LogP) is 1.40. The topological polar surface area (TPSA) is 116 Å². The smallest absolute Gasteiger partial charge is 0.337 e. The van der Waals surface area contributed by atoms with Crippen molar-refractivity contribution in [1.29, 1.82) is 0 Å². The van der Waals surface area contributed by atoms with Gasteiger partial charge in [0, 0.05) is 11.8 Å². The summed E-state index contributed by atoms with van der Waals surface area (Å²) in [5.74, 6) is -7.55. The SMILES string of the molecule is COC(=O)C1=C(O)[C@H](C(=O)OC)[C@H]2c3ccccc3[C@H]1[C@@]2(C(C)=O)C(=O)OC. The van der Waals surface area contributed by atoms with Crippen molar-refractivity contribution >= 4 is 23.7 Å². The van der Waals surface area contributed by atoms with Crippen molar-refractivity contribution in [3.05, 3.63) is 46.7 Å². The Morgan fingerprint density at radius 3 is 2.07 bits per heavy atom. The third-order valence-electron chi connectivity index (χ3n) is 5.75. The fourth-order valence-corrected chi connectivity index (χ4v) is 4.71. The average Bonchev–Trinajstić information content (AvgIpc) is 2.93. The molecule has 0 aromatic heterocycles. The summed E-state index contributed by atoms with van der Waals surface area (Å²) in [5.41, 5.74) is -1.26. The average molecular weight is 388 g/mol. The second kappa shape index (κ2) is 6.78. The van der Waals surface area contributed by atoms with Gasteiger partial charge in [0.05, 0.1) is 26.9 Å². The molecule has 28 heavy (non-hydrogen) atoms. The van der Waals surface area contributed by atoms with Crippen LogP contribution in [0.3, 0.4) is 0 Å². The van der Waals surface area contributed by atoms with Crippen LogP contribution in [0, 0.1) is 11.3 Å². The summed E-state index contributed by atoms with van der Waals surface area (Å²) in [4.78, 5) is 51.2.